The highest BCUT2D eigenvalue weighted by atomic mass is 32.2. The molecule has 1 amide bonds. The highest BCUT2D eigenvalue weighted by Gasteiger charge is 2.25. The fraction of sp³-hybridized carbons (Fsp3) is 0.381. The van der Waals surface area contributed by atoms with Gasteiger partial charge in [-0.3, -0.25) is 9.10 Å². The van der Waals surface area contributed by atoms with E-state index in [1.165, 1.54) is 47.4 Å². The van der Waals surface area contributed by atoms with E-state index in [0.717, 1.165) is 9.87 Å². The van der Waals surface area contributed by atoms with Crippen molar-refractivity contribution >= 4 is 21.6 Å². The highest BCUT2D eigenvalue weighted by Crippen LogP contribution is 2.36. The Morgan fingerprint density at radius 3 is 2.00 bits per heavy atom. The van der Waals surface area contributed by atoms with Gasteiger partial charge in [-0.05, 0) is 30.7 Å². The van der Waals surface area contributed by atoms with Gasteiger partial charge in [0.2, 0.25) is 10.0 Å². The minimum atomic E-state index is -3.61. The maximum atomic E-state index is 13.0. The van der Waals surface area contributed by atoms with Gasteiger partial charge in [-0.25, -0.2) is 8.42 Å². The Balaban J connectivity index is 2.40. The van der Waals surface area contributed by atoms with Gasteiger partial charge in [0.1, 0.15) is 0 Å². The molecule has 10 heteroatoms. The van der Waals surface area contributed by atoms with E-state index in [1.54, 1.807) is 25.3 Å². The molecule has 2 aromatic rings. The lowest BCUT2D eigenvalue weighted by molar-refractivity contribution is 0.0951. The van der Waals surface area contributed by atoms with Gasteiger partial charge in [0.25, 0.3) is 5.91 Å². The van der Waals surface area contributed by atoms with E-state index in [4.69, 9.17) is 18.9 Å². The van der Waals surface area contributed by atoms with Crippen LogP contribution in [0, 0.1) is 0 Å². The van der Waals surface area contributed by atoms with Crippen LogP contribution < -0.4 is 28.6 Å². The van der Waals surface area contributed by atoms with E-state index in [-0.39, 0.29) is 23.5 Å². The van der Waals surface area contributed by atoms with Crippen molar-refractivity contribution in [3.8, 4) is 23.0 Å². The molecule has 0 saturated carbocycles. The first-order valence-corrected chi connectivity index (χ1v) is 11.0. The van der Waals surface area contributed by atoms with E-state index in [9.17, 15) is 13.2 Å². The van der Waals surface area contributed by atoms with E-state index < -0.39 is 15.9 Å². The first-order chi connectivity index (χ1) is 14.7. The van der Waals surface area contributed by atoms with Crippen molar-refractivity contribution < 1.29 is 32.2 Å². The predicted molar refractivity (Wildman–Crippen MR) is 118 cm³/mol. The van der Waals surface area contributed by atoms with Crippen molar-refractivity contribution in [1.82, 2.24) is 5.32 Å². The molecule has 0 aliphatic heterocycles. The number of hydrogen-bond acceptors (Lipinski definition) is 7. The summed E-state index contributed by atoms with van der Waals surface area (Å²) in [5, 5.41) is 2.80. The summed E-state index contributed by atoms with van der Waals surface area (Å²) in [7, 11) is 3.73. The summed E-state index contributed by atoms with van der Waals surface area (Å²) in [6, 6.07) is 8.22. The van der Waals surface area contributed by atoms with Crippen molar-refractivity contribution in [1.29, 1.82) is 0 Å². The number of nitrogens with zero attached hydrogens (tertiary/aromatic N) is 1. The van der Waals surface area contributed by atoms with Crippen LogP contribution in [-0.2, 0) is 16.6 Å². The molecule has 0 unspecified atom stereocenters. The Bertz CT molecular complexity index is 1040. The molecule has 0 fully saturated rings. The molecular weight excluding hydrogens is 424 g/mol. The quantitative estimate of drug-likeness (QED) is 0.590. The molecule has 0 atom stereocenters. The average molecular weight is 453 g/mol. The maximum Gasteiger partial charge on any atom is 0.253 e. The van der Waals surface area contributed by atoms with Crippen LogP contribution in [0.4, 0.5) is 5.69 Å². The third-order valence-corrected chi connectivity index (χ3v) is 6.53. The zero-order chi connectivity index (χ0) is 23.2. The zero-order valence-electron chi connectivity index (χ0n) is 18.5. The lowest BCUT2D eigenvalue weighted by atomic mass is 10.1. The summed E-state index contributed by atoms with van der Waals surface area (Å²) < 4.78 is 47.0. The lowest BCUT2D eigenvalue weighted by Gasteiger charge is -2.23. The molecule has 0 saturated heterocycles. The van der Waals surface area contributed by atoms with Crippen LogP contribution in [0.1, 0.15) is 22.8 Å². The molecule has 0 aliphatic carbocycles. The van der Waals surface area contributed by atoms with E-state index in [1.807, 2.05) is 0 Å². The van der Waals surface area contributed by atoms with Crippen LogP contribution in [0.3, 0.4) is 0 Å². The van der Waals surface area contributed by atoms with Gasteiger partial charge >= 0.3 is 0 Å². The average Bonchev–Trinajstić information content (AvgIpc) is 2.80. The Hall–Kier alpha value is -3.14. The second kappa shape index (κ2) is 10.3. The van der Waals surface area contributed by atoms with Crippen LogP contribution in [0.2, 0.25) is 0 Å². The topological polar surface area (TPSA) is 103 Å². The summed E-state index contributed by atoms with van der Waals surface area (Å²) in [6.07, 6.45) is 0. The fourth-order valence-corrected chi connectivity index (χ4v) is 3.76. The molecule has 31 heavy (non-hydrogen) atoms. The van der Waals surface area contributed by atoms with Crippen molar-refractivity contribution in [2.24, 2.45) is 0 Å². The van der Waals surface area contributed by atoms with Gasteiger partial charge in [0.05, 0.1) is 45.4 Å². The lowest BCUT2D eigenvalue weighted by Crippen LogP contribution is -2.31. The molecule has 0 bridgehead atoms. The molecule has 0 radical (unpaired) electrons. The molecule has 0 aromatic heterocycles. The number of carbonyl (C=O) groups is 1. The predicted octanol–water partition coefficient (Wildman–Crippen LogP) is 2.44. The SMILES string of the molecule is CCS(=O)(=O)N(C)c1cc(OC)c(OC)cc1C(=O)NCc1ccc(OC)c(OC)c1. The maximum absolute atomic E-state index is 13.0. The monoisotopic (exact) mass is 452 g/mol. The standard InChI is InChI=1S/C21H28N2O7S/c1-7-31(25,26)23(2)16-12-20(30-6)19(29-5)11-15(16)21(24)22-13-14-8-9-17(27-3)18(10-14)28-4/h8-12H,7,13H2,1-6H3,(H,22,24). The summed E-state index contributed by atoms with van der Waals surface area (Å²) in [4.78, 5) is 13.0. The third-order valence-electron chi connectivity index (χ3n) is 4.77. The number of methoxy groups -OCH3 is 4. The summed E-state index contributed by atoms with van der Waals surface area (Å²) in [6.45, 7) is 1.72. The number of benzene rings is 2. The first-order valence-electron chi connectivity index (χ1n) is 9.44. The molecule has 0 heterocycles. The van der Waals surface area contributed by atoms with Gasteiger partial charge in [-0.15, -0.1) is 0 Å². The molecule has 9 nitrogen and oxygen atoms in total. The smallest absolute Gasteiger partial charge is 0.253 e. The van der Waals surface area contributed by atoms with E-state index in [0.29, 0.717) is 23.0 Å². The van der Waals surface area contributed by atoms with Crippen molar-refractivity contribution in [3.63, 3.8) is 0 Å². The van der Waals surface area contributed by atoms with Gasteiger partial charge < -0.3 is 24.3 Å². The number of sulfonamides is 1. The van der Waals surface area contributed by atoms with Crippen LogP contribution in [0.15, 0.2) is 30.3 Å². The normalized spacial score (nSPS) is 10.9. The Kier molecular flexibility index (Phi) is 7.98. The summed E-state index contributed by atoms with van der Waals surface area (Å²) in [5.41, 5.74) is 1.10. The largest absolute Gasteiger partial charge is 0.493 e. The fourth-order valence-electron chi connectivity index (χ4n) is 2.92. The van der Waals surface area contributed by atoms with Crippen molar-refractivity contribution in [3.05, 3.63) is 41.5 Å². The number of rotatable bonds is 10. The van der Waals surface area contributed by atoms with Gasteiger partial charge in [-0.1, -0.05) is 6.07 Å². The summed E-state index contributed by atoms with van der Waals surface area (Å²) >= 11 is 0. The van der Waals surface area contributed by atoms with Crippen molar-refractivity contribution in [2.75, 3.05) is 45.5 Å². The van der Waals surface area contributed by atoms with Crippen molar-refractivity contribution in [2.45, 2.75) is 13.5 Å². The number of amides is 1. The molecule has 2 aromatic carbocycles. The highest BCUT2D eigenvalue weighted by molar-refractivity contribution is 7.92. The minimum Gasteiger partial charge on any atom is -0.493 e. The van der Waals surface area contributed by atoms with Gasteiger partial charge in [0.15, 0.2) is 23.0 Å². The number of carbonyl (C=O) groups excluding carboxylic acids is 1. The molecule has 0 spiro atoms. The molecule has 170 valence electrons. The second-order valence-electron chi connectivity index (χ2n) is 6.46. The molecule has 1 N–H and O–H groups in total. The van der Waals surface area contributed by atoms with Crippen LogP contribution in [0.5, 0.6) is 23.0 Å². The molecular formula is C21H28N2O7S. The molecule has 2 rings (SSSR count). The Labute approximate surface area is 182 Å². The number of nitrogens with one attached hydrogen (secondary N) is 1. The number of hydrogen-bond donors (Lipinski definition) is 1. The van der Waals surface area contributed by atoms with Gasteiger partial charge in [-0.2, -0.15) is 0 Å². The minimum absolute atomic E-state index is 0.120. The van der Waals surface area contributed by atoms with Gasteiger partial charge in [0, 0.05) is 19.7 Å². The first kappa shape index (κ1) is 24.1. The van der Waals surface area contributed by atoms with Crippen LogP contribution >= 0.6 is 0 Å². The Morgan fingerprint density at radius 2 is 1.45 bits per heavy atom. The van der Waals surface area contributed by atoms with E-state index in [2.05, 4.69) is 5.32 Å². The van der Waals surface area contributed by atoms with E-state index >= 15 is 0 Å². The number of ether oxygens (including phenoxy) is 4. The van der Waals surface area contributed by atoms with Crippen LogP contribution in [0.25, 0.3) is 0 Å². The summed E-state index contributed by atoms with van der Waals surface area (Å²) in [5.74, 6) is 1.15. The zero-order valence-corrected chi connectivity index (χ0v) is 19.3. The second-order valence-corrected chi connectivity index (χ2v) is 8.75. The Morgan fingerprint density at radius 1 is 0.903 bits per heavy atom. The third kappa shape index (κ3) is 5.32. The van der Waals surface area contributed by atoms with Crippen LogP contribution in [-0.4, -0.2) is 55.6 Å². The molecule has 0 aliphatic rings. The number of anilines is 1.